The fraction of sp³-hybridized carbons (Fsp3) is 0.583. The smallest absolute Gasteiger partial charge is 0.243 e. The molecule has 1 amide bonds. The van der Waals surface area contributed by atoms with Gasteiger partial charge in [0.15, 0.2) is 0 Å². The summed E-state index contributed by atoms with van der Waals surface area (Å²) in [5.41, 5.74) is -0.208. The summed E-state index contributed by atoms with van der Waals surface area (Å²) < 4.78 is 0. The van der Waals surface area contributed by atoms with Gasteiger partial charge in [0.05, 0.1) is 22.7 Å². The van der Waals surface area contributed by atoms with Crippen LogP contribution in [0.5, 0.6) is 0 Å². The van der Waals surface area contributed by atoms with Crippen LogP contribution in [0, 0.1) is 34.0 Å². The molecule has 5 nitrogen and oxygen atoms in total. The Morgan fingerprint density at radius 1 is 1.44 bits per heavy atom. The van der Waals surface area contributed by atoms with Crippen LogP contribution in [0.2, 0.25) is 0 Å². The second kappa shape index (κ2) is 4.64. The lowest BCUT2D eigenvalue weighted by Gasteiger charge is -2.45. The summed E-state index contributed by atoms with van der Waals surface area (Å²) in [5.74, 6) is -1.14. The third-order valence-corrected chi connectivity index (χ3v) is 4.25. The highest BCUT2D eigenvalue weighted by atomic mass is 32.1. The molecule has 0 bridgehead atoms. The van der Waals surface area contributed by atoms with Crippen LogP contribution in [0.1, 0.15) is 12.8 Å². The number of thiol groups is 1. The topological polar surface area (TPSA) is 79.9 Å². The quantitative estimate of drug-likeness (QED) is 0.628. The minimum absolute atomic E-state index is 0.304. The van der Waals surface area contributed by atoms with Gasteiger partial charge in [-0.1, -0.05) is 0 Å². The van der Waals surface area contributed by atoms with E-state index in [-0.39, 0.29) is 5.91 Å². The number of nitrogens with zero attached hydrogens (tertiary/aromatic N) is 3. The van der Waals surface area contributed by atoms with Crippen LogP contribution in [0.25, 0.3) is 0 Å². The van der Waals surface area contributed by atoms with Crippen molar-refractivity contribution in [1.82, 2.24) is 10.2 Å². The molecule has 0 aliphatic carbocycles. The molecule has 2 heterocycles. The summed E-state index contributed by atoms with van der Waals surface area (Å²) >= 11 is 4.18. The number of likely N-dealkylation sites (tertiary alicyclic amines) is 1. The number of piperidine rings is 1. The molecular formula is C12H14N4OS. The first-order chi connectivity index (χ1) is 8.55. The fourth-order valence-corrected chi connectivity index (χ4v) is 3.17. The van der Waals surface area contributed by atoms with Crippen molar-refractivity contribution in [2.75, 3.05) is 20.1 Å². The van der Waals surface area contributed by atoms with E-state index in [4.69, 9.17) is 0 Å². The van der Waals surface area contributed by atoms with Crippen LogP contribution >= 0.6 is 12.6 Å². The minimum Gasteiger partial charge on any atom is -0.319 e. The lowest BCUT2D eigenvalue weighted by atomic mass is 9.63. The number of nitriles is 2. The lowest BCUT2D eigenvalue weighted by Crippen LogP contribution is -2.51. The van der Waals surface area contributed by atoms with E-state index in [9.17, 15) is 15.3 Å². The zero-order valence-electron chi connectivity index (χ0n) is 10.1. The molecule has 6 heteroatoms. The van der Waals surface area contributed by atoms with Gasteiger partial charge in [-0.3, -0.25) is 4.79 Å². The van der Waals surface area contributed by atoms with E-state index >= 15 is 0 Å². The van der Waals surface area contributed by atoms with E-state index in [0.29, 0.717) is 23.4 Å². The average molecular weight is 262 g/mol. The van der Waals surface area contributed by atoms with Gasteiger partial charge in [0.25, 0.3) is 0 Å². The standard InChI is InChI=1S/C12H14N4OS/c1-16-4-2-12(3-5-16)8(6-13)10(17)15-11(18)9(12)7-14/h8,18H,2-5H2,1H3,(H,15,17)/t8-/m1/s1. The largest absolute Gasteiger partial charge is 0.319 e. The number of hydrogen-bond donors (Lipinski definition) is 2. The van der Waals surface area contributed by atoms with E-state index in [0.717, 1.165) is 13.1 Å². The van der Waals surface area contributed by atoms with Crippen LogP contribution < -0.4 is 5.32 Å². The Labute approximate surface area is 111 Å². The van der Waals surface area contributed by atoms with Gasteiger partial charge in [-0.05, 0) is 33.0 Å². The molecule has 2 aliphatic rings. The predicted molar refractivity (Wildman–Crippen MR) is 68.0 cm³/mol. The molecular weight excluding hydrogens is 248 g/mol. The molecule has 0 saturated carbocycles. The van der Waals surface area contributed by atoms with Crippen LogP contribution in [-0.2, 0) is 4.79 Å². The van der Waals surface area contributed by atoms with E-state index in [1.807, 2.05) is 7.05 Å². The zero-order chi connectivity index (χ0) is 13.3. The maximum Gasteiger partial charge on any atom is 0.243 e. The number of amides is 1. The molecule has 2 rings (SSSR count). The van der Waals surface area contributed by atoms with Gasteiger partial charge in [0.1, 0.15) is 5.92 Å². The zero-order valence-corrected chi connectivity index (χ0v) is 11.0. The van der Waals surface area contributed by atoms with Crippen molar-refractivity contribution < 1.29 is 4.79 Å². The Morgan fingerprint density at radius 3 is 2.56 bits per heavy atom. The van der Waals surface area contributed by atoms with E-state index in [1.165, 1.54) is 0 Å². The maximum atomic E-state index is 11.9. The molecule has 1 spiro atoms. The van der Waals surface area contributed by atoms with Gasteiger partial charge in [0.2, 0.25) is 5.91 Å². The minimum atomic E-state index is -0.795. The monoisotopic (exact) mass is 262 g/mol. The predicted octanol–water partition coefficient (Wildman–Crippen LogP) is 0.633. The Balaban J connectivity index is 2.51. The molecule has 1 atom stereocenters. The molecule has 0 aromatic carbocycles. The first kappa shape index (κ1) is 12.9. The van der Waals surface area contributed by atoms with Crippen molar-refractivity contribution in [3.05, 3.63) is 10.6 Å². The average Bonchev–Trinajstić information content (AvgIpc) is 2.33. The summed E-state index contributed by atoms with van der Waals surface area (Å²) in [6.07, 6.45) is 1.28. The van der Waals surface area contributed by atoms with Gasteiger partial charge in [0, 0.05) is 5.41 Å². The van der Waals surface area contributed by atoms with E-state index < -0.39 is 11.3 Å². The number of carbonyl (C=O) groups excluding carboxylic acids is 1. The Hall–Kier alpha value is -1.50. The molecule has 18 heavy (non-hydrogen) atoms. The second-order valence-corrected chi connectivity index (χ2v) is 5.29. The highest BCUT2D eigenvalue weighted by Crippen LogP contribution is 2.48. The lowest BCUT2D eigenvalue weighted by molar-refractivity contribution is -0.127. The third-order valence-electron chi connectivity index (χ3n) is 3.91. The molecule has 1 N–H and O–H groups in total. The SMILES string of the molecule is CN1CCC2(CC1)C(C#N)=C(S)NC(=O)[C@H]2C#N. The number of nitrogens with one attached hydrogen (secondary N) is 1. The fourth-order valence-electron chi connectivity index (χ4n) is 2.79. The van der Waals surface area contributed by atoms with Gasteiger partial charge in [-0.15, -0.1) is 12.6 Å². The molecule has 2 aliphatic heterocycles. The van der Waals surface area contributed by atoms with Crippen molar-refractivity contribution in [2.24, 2.45) is 11.3 Å². The molecule has 1 saturated heterocycles. The third kappa shape index (κ3) is 1.78. The first-order valence-electron chi connectivity index (χ1n) is 5.78. The first-order valence-corrected chi connectivity index (χ1v) is 6.22. The summed E-state index contributed by atoms with van der Waals surface area (Å²) in [4.78, 5) is 14.1. The summed E-state index contributed by atoms with van der Waals surface area (Å²) in [6, 6.07) is 4.20. The Morgan fingerprint density at radius 2 is 2.06 bits per heavy atom. The Kier molecular flexibility index (Phi) is 3.34. The van der Waals surface area contributed by atoms with Gasteiger partial charge >= 0.3 is 0 Å². The highest BCUT2D eigenvalue weighted by Gasteiger charge is 2.51. The van der Waals surface area contributed by atoms with Crippen LogP contribution in [0.4, 0.5) is 0 Å². The molecule has 1 fully saturated rings. The van der Waals surface area contributed by atoms with Crippen molar-refractivity contribution in [3.8, 4) is 12.1 Å². The van der Waals surface area contributed by atoms with Crippen molar-refractivity contribution in [1.29, 1.82) is 10.5 Å². The van der Waals surface area contributed by atoms with Crippen molar-refractivity contribution in [2.45, 2.75) is 12.8 Å². The second-order valence-electron chi connectivity index (χ2n) is 4.85. The van der Waals surface area contributed by atoms with Crippen LogP contribution in [0.15, 0.2) is 10.6 Å². The van der Waals surface area contributed by atoms with E-state index in [2.05, 4.69) is 35.0 Å². The van der Waals surface area contributed by atoms with E-state index in [1.54, 1.807) is 0 Å². The summed E-state index contributed by atoms with van der Waals surface area (Å²) in [5, 5.41) is 21.4. The molecule has 0 unspecified atom stereocenters. The normalized spacial score (nSPS) is 27.6. The number of hydrogen-bond acceptors (Lipinski definition) is 5. The van der Waals surface area contributed by atoms with Crippen LogP contribution in [0.3, 0.4) is 0 Å². The molecule has 0 aromatic heterocycles. The summed E-state index contributed by atoms with van der Waals surface area (Å²) in [6.45, 7) is 1.55. The van der Waals surface area contributed by atoms with Gasteiger partial charge in [-0.2, -0.15) is 10.5 Å². The van der Waals surface area contributed by atoms with Gasteiger partial charge in [-0.25, -0.2) is 0 Å². The van der Waals surface area contributed by atoms with Crippen LogP contribution in [-0.4, -0.2) is 30.9 Å². The molecule has 0 radical (unpaired) electrons. The molecule has 0 aromatic rings. The number of rotatable bonds is 0. The summed E-state index contributed by atoms with van der Waals surface area (Å²) in [7, 11) is 1.99. The Bertz CT molecular complexity index is 491. The maximum absolute atomic E-state index is 11.9. The van der Waals surface area contributed by atoms with Crippen molar-refractivity contribution in [3.63, 3.8) is 0 Å². The number of allylic oxidation sites excluding steroid dienone is 1. The molecule has 94 valence electrons. The van der Waals surface area contributed by atoms with Crippen molar-refractivity contribution >= 4 is 18.5 Å². The highest BCUT2D eigenvalue weighted by molar-refractivity contribution is 7.84. The number of carbonyl (C=O) groups is 1. The van der Waals surface area contributed by atoms with Gasteiger partial charge < -0.3 is 10.2 Å².